The molecule has 1 aromatic heterocycles. The summed E-state index contributed by atoms with van der Waals surface area (Å²) in [5.74, 6) is 0.363. The van der Waals surface area contributed by atoms with Crippen LogP contribution < -0.4 is 0 Å². The van der Waals surface area contributed by atoms with Crippen LogP contribution in [0.15, 0.2) is 48.7 Å². The van der Waals surface area contributed by atoms with Crippen molar-refractivity contribution in [2.45, 2.75) is 25.7 Å². The van der Waals surface area contributed by atoms with Crippen molar-refractivity contribution in [3.63, 3.8) is 0 Å². The first-order valence-corrected chi connectivity index (χ1v) is 10.6. The van der Waals surface area contributed by atoms with Crippen molar-refractivity contribution in [1.29, 1.82) is 0 Å². The zero-order chi connectivity index (χ0) is 19.8. The molecule has 0 N–H and O–H groups in total. The lowest BCUT2D eigenvalue weighted by Crippen LogP contribution is -2.43. The van der Waals surface area contributed by atoms with Crippen LogP contribution in [-0.4, -0.2) is 52.8 Å². The minimum atomic E-state index is 0.0199. The summed E-state index contributed by atoms with van der Waals surface area (Å²) in [5, 5.41) is 3.17. The van der Waals surface area contributed by atoms with E-state index in [4.69, 9.17) is 0 Å². The van der Waals surface area contributed by atoms with Crippen LogP contribution in [0.4, 0.5) is 0 Å². The Hall–Kier alpha value is -2.95. The summed E-state index contributed by atoms with van der Waals surface area (Å²) >= 11 is 0. The molecule has 2 aliphatic rings. The molecule has 2 aromatic carbocycles. The number of piperidine rings is 1. The van der Waals surface area contributed by atoms with Gasteiger partial charge in [0.05, 0.1) is 11.1 Å². The number of aromatic nitrogens is 1. The highest BCUT2D eigenvalue weighted by atomic mass is 16.2. The van der Waals surface area contributed by atoms with E-state index in [-0.39, 0.29) is 17.7 Å². The molecule has 148 valence electrons. The third kappa shape index (κ3) is 3.24. The number of fused-ring (bicyclic) bond motifs is 3. The average Bonchev–Trinajstić information content (AvgIpc) is 3.33. The zero-order valence-corrected chi connectivity index (χ0v) is 16.5. The van der Waals surface area contributed by atoms with E-state index in [1.807, 2.05) is 46.2 Å². The van der Waals surface area contributed by atoms with Crippen molar-refractivity contribution < 1.29 is 9.59 Å². The van der Waals surface area contributed by atoms with Crippen LogP contribution in [0.3, 0.4) is 0 Å². The number of hydrogen-bond acceptors (Lipinski definition) is 3. The highest BCUT2D eigenvalue weighted by Gasteiger charge is 2.32. The van der Waals surface area contributed by atoms with E-state index in [1.165, 1.54) is 0 Å². The van der Waals surface area contributed by atoms with E-state index >= 15 is 0 Å². The quantitative estimate of drug-likeness (QED) is 0.628. The largest absolute Gasteiger partial charge is 0.342 e. The predicted octanol–water partition coefficient (Wildman–Crippen LogP) is 3.86. The predicted molar refractivity (Wildman–Crippen MR) is 114 cm³/mol. The fourth-order valence-electron chi connectivity index (χ4n) is 4.79. The topological polar surface area (TPSA) is 53.5 Å². The number of amides is 2. The lowest BCUT2D eigenvalue weighted by atomic mass is 9.94. The highest BCUT2D eigenvalue weighted by Crippen LogP contribution is 2.29. The molecular formula is C24H25N3O2. The Morgan fingerprint density at radius 1 is 0.862 bits per heavy atom. The molecule has 2 fully saturated rings. The van der Waals surface area contributed by atoms with E-state index in [1.54, 1.807) is 6.20 Å². The molecule has 5 rings (SSSR count). The highest BCUT2D eigenvalue weighted by molar-refractivity contribution is 6.15. The first-order chi connectivity index (χ1) is 14.2. The van der Waals surface area contributed by atoms with Gasteiger partial charge in [0.15, 0.2) is 0 Å². The summed E-state index contributed by atoms with van der Waals surface area (Å²) < 4.78 is 0. The van der Waals surface area contributed by atoms with Crippen LogP contribution in [0.5, 0.6) is 0 Å². The minimum absolute atomic E-state index is 0.0199. The summed E-state index contributed by atoms with van der Waals surface area (Å²) in [7, 11) is 0. The van der Waals surface area contributed by atoms with E-state index in [9.17, 15) is 9.59 Å². The number of carbonyl (C=O) groups is 2. The Labute approximate surface area is 170 Å². The first kappa shape index (κ1) is 18.1. The molecule has 0 saturated carbocycles. The molecule has 0 aliphatic carbocycles. The Balaban J connectivity index is 1.40. The molecule has 3 aromatic rings. The van der Waals surface area contributed by atoms with E-state index in [2.05, 4.69) is 11.1 Å². The van der Waals surface area contributed by atoms with Gasteiger partial charge in [-0.1, -0.05) is 30.3 Å². The summed E-state index contributed by atoms with van der Waals surface area (Å²) in [6, 6.07) is 14.0. The monoisotopic (exact) mass is 387 g/mol. The fraction of sp³-hybridized carbons (Fsp3) is 0.375. The van der Waals surface area contributed by atoms with E-state index in [0.29, 0.717) is 18.7 Å². The smallest absolute Gasteiger partial charge is 0.256 e. The van der Waals surface area contributed by atoms with Crippen molar-refractivity contribution in [3.8, 4) is 0 Å². The maximum Gasteiger partial charge on any atom is 0.256 e. The number of likely N-dealkylation sites (tertiary alicyclic amines) is 2. The van der Waals surface area contributed by atoms with Crippen LogP contribution in [0.2, 0.25) is 0 Å². The van der Waals surface area contributed by atoms with Crippen LogP contribution in [0, 0.1) is 5.92 Å². The van der Waals surface area contributed by atoms with Crippen LogP contribution in [0.1, 0.15) is 36.0 Å². The number of pyridine rings is 1. The Kier molecular flexibility index (Phi) is 4.66. The zero-order valence-electron chi connectivity index (χ0n) is 16.5. The molecule has 2 aliphatic heterocycles. The number of benzene rings is 2. The van der Waals surface area contributed by atoms with Crippen molar-refractivity contribution in [2.75, 3.05) is 26.2 Å². The number of rotatable bonds is 2. The molecular weight excluding hydrogens is 362 g/mol. The summed E-state index contributed by atoms with van der Waals surface area (Å²) in [6.07, 6.45) is 5.48. The lowest BCUT2D eigenvalue weighted by molar-refractivity contribution is -0.135. The fourth-order valence-corrected chi connectivity index (χ4v) is 4.79. The van der Waals surface area contributed by atoms with Crippen molar-refractivity contribution in [1.82, 2.24) is 14.8 Å². The number of hydrogen-bond donors (Lipinski definition) is 0. The molecule has 2 saturated heterocycles. The summed E-state index contributed by atoms with van der Waals surface area (Å²) in [6.45, 7) is 3.05. The van der Waals surface area contributed by atoms with Crippen molar-refractivity contribution >= 4 is 33.5 Å². The summed E-state index contributed by atoms with van der Waals surface area (Å²) in [5.41, 5.74) is 1.41. The van der Waals surface area contributed by atoms with Gasteiger partial charge in [-0.25, -0.2) is 0 Å². The van der Waals surface area contributed by atoms with Crippen molar-refractivity contribution in [2.24, 2.45) is 5.92 Å². The molecule has 0 spiro atoms. The van der Waals surface area contributed by atoms with Gasteiger partial charge >= 0.3 is 0 Å². The van der Waals surface area contributed by atoms with Gasteiger partial charge in [0.2, 0.25) is 5.91 Å². The third-order valence-electron chi connectivity index (χ3n) is 6.39. The molecule has 0 atom stereocenters. The normalized spacial score (nSPS) is 17.9. The minimum Gasteiger partial charge on any atom is -0.342 e. The maximum absolute atomic E-state index is 13.4. The van der Waals surface area contributed by atoms with Crippen molar-refractivity contribution in [3.05, 3.63) is 54.2 Å². The standard InChI is InChI=1S/C24H25N3O2/c28-23(26-12-3-4-13-26)17-9-14-27(15-10-17)24(29)21-16-18-6-1-2-7-19(18)20-8-5-11-25-22(20)21/h1-2,5-8,11,16-17H,3-4,9-10,12-15H2. The van der Waals surface area contributed by atoms with Gasteiger partial charge in [-0.3, -0.25) is 14.6 Å². The van der Waals surface area contributed by atoms with E-state index < -0.39 is 0 Å². The second kappa shape index (κ2) is 7.47. The number of carbonyl (C=O) groups excluding carboxylic acids is 2. The SMILES string of the molecule is O=C(c1cc2ccccc2c2cccnc12)N1CCC(C(=O)N2CCCC2)CC1. The van der Waals surface area contributed by atoms with Gasteiger partial charge in [0.25, 0.3) is 5.91 Å². The molecule has 3 heterocycles. The molecule has 29 heavy (non-hydrogen) atoms. The van der Waals surface area contributed by atoms with Gasteiger partial charge in [0, 0.05) is 43.7 Å². The third-order valence-corrected chi connectivity index (χ3v) is 6.39. The molecule has 0 bridgehead atoms. The van der Waals surface area contributed by atoms with Gasteiger partial charge in [-0.05, 0) is 48.6 Å². The van der Waals surface area contributed by atoms with Crippen LogP contribution in [-0.2, 0) is 4.79 Å². The molecule has 2 amide bonds. The second-order valence-electron chi connectivity index (χ2n) is 8.14. The Morgan fingerprint density at radius 2 is 1.59 bits per heavy atom. The summed E-state index contributed by atoms with van der Waals surface area (Å²) in [4.78, 5) is 34.5. The van der Waals surface area contributed by atoms with E-state index in [0.717, 1.165) is 60.4 Å². The Bertz CT molecular complexity index is 1080. The first-order valence-electron chi connectivity index (χ1n) is 10.6. The van der Waals surface area contributed by atoms with Gasteiger partial charge in [-0.2, -0.15) is 0 Å². The maximum atomic E-state index is 13.4. The van der Waals surface area contributed by atoms with Gasteiger partial charge < -0.3 is 9.80 Å². The second-order valence-corrected chi connectivity index (χ2v) is 8.14. The number of nitrogens with zero attached hydrogens (tertiary/aromatic N) is 3. The van der Waals surface area contributed by atoms with Crippen LogP contribution >= 0.6 is 0 Å². The van der Waals surface area contributed by atoms with Crippen LogP contribution in [0.25, 0.3) is 21.7 Å². The Morgan fingerprint density at radius 3 is 2.38 bits per heavy atom. The van der Waals surface area contributed by atoms with Gasteiger partial charge in [-0.15, -0.1) is 0 Å². The molecule has 5 nitrogen and oxygen atoms in total. The lowest BCUT2D eigenvalue weighted by Gasteiger charge is -2.33. The average molecular weight is 387 g/mol. The molecule has 0 radical (unpaired) electrons. The molecule has 0 unspecified atom stereocenters. The molecule has 5 heteroatoms. The van der Waals surface area contributed by atoms with Gasteiger partial charge in [0.1, 0.15) is 0 Å².